The van der Waals surface area contributed by atoms with Crippen molar-refractivity contribution in [2.45, 2.75) is 6.92 Å². The van der Waals surface area contributed by atoms with E-state index < -0.39 is 11.6 Å². The molecule has 0 radical (unpaired) electrons. The Morgan fingerprint density at radius 1 is 1.17 bits per heavy atom. The summed E-state index contributed by atoms with van der Waals surface area (Å²) in [5, 5.41) is 2.80. The molecule has 2 rings (SSSR count). The maximum Gasteiger partial charge on any atom is 0.151 e. The lowest BCUT2D eigenvalue weighted by Gasteiger charge is -2.12. The minimum Gasteiger partial charge on any atom is -0.399 e. The molecule has 94 valence electrons. The first kappa shape index (κ1) is 12.6. The van der Waals surface area contributed by atoms with E-state index >= 15 is 0 Å². The average Bonchev–Trinajstić information content (AvgIpc) is 2.28. The van der Waals surface area contributed by atoms with Crippen LogP contribution >= 0.6 is 11.6 Å². The van der Waals surface area contributed by atoms with E-state index in [2.05, 4.69) is 5.32 Å². The first-order chi connectivity index (χ1) is 8.47. The molecule has 18 heavy (non-hydrogen) atoms. The molecule has 0 fully saturated rings. The Labute approximate surface area is 108 Å². The molecule has 0 amide bonds. The highest BCUT2D eigenvalue weighted by Crippen LogP contribution is 2.31. The molecular weight excluding hydrogens is 258 g/mol. The van der Waals surface area contributed by atoms with Gasteiger partial charge in [0.1, 0.15) is 5.82 Å². The number of hydrogen-bond donors (Lipinski definition) is 2. The van der Waals surface area contributed by atoms with Gasteiger partial charge >= 0.3 is 0 Å². The molecule has 0 aliphatic heterocycles. The maximum atomic E-state index is 13.6. The molecule has 0 atom stereocenters. The smallest absolute Gasteiger partial charge is 0.151 e. The molecule has 3 N–H and O–H groups in total. The van der Waals surface area contributed by atoms with E-state index in [1.54, 1.807) is 18.2 Å². The van der Waals surface area contributed by atoms with Crippen molar-refractivity contribution in [2.24, 2.45) is 0 Å². The van der Waals surface area contributed by atoms with Crippen LogP contribution < -0.4 is 11.1 Å². The molecule has 0 heterocycles. The second-order valence-electron chi connectivity index (χ2n) is 3.94. The van der Waals surface area contributed by atoms with Crippen molar-refractivity contribution in [3.8, 4) is 0 Å². The van der Waals surface area contributed by atoms with Crippen LogP contribution in [0, 0.1) is 18.6 Å². The number of halogens is 3. The summed E-state index contributed by atoms with van der Waals surface area (Å²) in [6.07, 6.45) is 0. The van der Waals surface area contributed by atoms with E-state index in [-0.39, 0.29) is 10.7 Å². The van der Waals surface area contributed by atoms with Crippen LogP contribution in [0.2, 0.25) is 5.02 Å². The Hall–Kier alpha value is -1.81. The number of rotatable bonds is 2. The molecular formula is C13H11ClF2N2. The molecule has 2 aromatic carbocycles. The summed E-state index contributed by atoms with van der Waals surface area (Å²) in [6, 6.07) is 7.02. The van der Waals surface area contributed by atoms with E-state index in [0.717, 1.165) is 17.7 Å². The highest BCUT2D eigenvalue weighted by atomic mass is 35.5. The van der Waals surface area contributed by atoms with Crippen LogP contribution in [0.5, 0.6) is 0 Å². The largest absolute Gasteiger partial charge is 0.399 e. The first-order valence-corrected chi connectivity index (χ1v) is 5.63. The van der Waals surface area contributed by atoms with Gasteiger partial charge in [0.15, 0.2) is 5.82 Å². The summed E-state index contributed by atoms with van der Waals surface area (Å²) < 4.78 is 26.5. The van der Waals surface area contributed by atoms with Crippen LogP contribution in [0.4, 0.5) is 25.8 Å². The average molecular weight is 269 g/mol. The molecule has 2 aromatic rings. The number of benzene rings is 2. The van der Waals surface area contributed by atoms with Crippen molar-refractivity contribution in [1.82, 2.24) is 0 Å². The molecule has 0 saturated carbocycles. The quantitative estimate of drug-likeness (QED) is 0.799. The van der Waals surface area contributed by atoms with Crippen molar-refractivity contribution in [3.05, 3.63) is 52.6 Å². The SMILES string of the molecule is Cc1ccc(N)cc1Nc1c(F)cc(F)cc1Cl. The van der Waals surface area contributed by atoms with Crippen molar-refractivity contribution >= 4 is 28.7 Å². The predicted molar refractivity (Wildman–Crippen MR) is 70.2 cm³/mol. The summed E-state index contributed by atoms with van der Waals surface area (Å²) in [5.41, 5.74) is 7.74. The number of anilines is 3. The van der Waals surface area contributed by atoms with Crippen LogP contribution in [0.25, 0.3) is 0 Å². The Kier molecular flexibility index (Phi) is 3.39. The summed E-state index contributed by atoms with van der Waals surface area (Å²) in [5.74, 6) is -1.46. The third kappa shape index (κ3) is 2.54. The fourth-order valence-electron chi connectivity index (χ4n) is 1.57. The molecule has 0 saturated heterocycles. The van der Waals surface area contributed by atoms with Crippen molar-refractivity contribution < 1.29 is 8.78 Å². The standard InChI is InChI=1S/C13H11ClF2N2/c1-7-2-3-9(17)6-12(7)18-13-10(14)4-8(15)5-11(13)16/h2-6,18H,17H2,1H3. The molecule has 0 aliphatic carbocycles. The van der Waals surface area contributed by atoms with Gasteiger partial charge in [0.2, 0.25) is 0 Å². The maximum absolute atomic E-state index is 13.6. The van der Waals surface area contributed by atoms with Crippen LogP contribution in [0.15, 0.2) is 30.3 Å². The topological polar surface area (TPSA) is 38.0 Å². The lowest BCUT2D eigenvalue weighted by atomic mass is 10.1. The Balaban J connectivity index is 2.43. The van der Waals surface area contributed by atoms with Gasteiger partial charge in [0.25, 0.3) is 0 Å². The fourth-order valence-corrected chi connectivity index (χ4v) is 1.81. The third-order valence-corrected chi connectivity index (χ3v) is 2.83. The minimum atomic E-state index is -0.748. The highest BCUT2D eigenvalue weighted by Gasteiger charge is 2.11. The zero-order valence-corrected chi connectivity index (χ0v) is 10.4. The van der Waals surface area contributed by atoms with E-state index in [9.17, 15) is 8.78 Å². The number of nitrogens with one attached hydrogen (secondary N) is 1. The number of nitrogen functional groups attached to an aromatic ring is 1. The molecule has 0 aliphatic rings. The molecule has 2 nitrogen and oxygen atoms in total. The van der Waals surface area contributed by atoms with Gasteiger partial charge in [0, 0.05) is 17.4 Å². The van der Waals surface area contributed by atoms with E-state index in [4.69, 9.17) is 17.3 Å². The molecule has 0 unspecified atom stereocenters. The summed E-state index contributed by atoms with van der Waals surface area (Å²) >= 11 is 5.80. The monoisotopic (exact) mass is 268 g/mol. The second kappa shape index (κ2) is 4.82. The van der Waals surface area contributed by atoms with Crippen molar-refractivity contribution in [3.63, 3.8) is 0 Å². The van der Waals surface area contributed by atoms with Crippen LogP contribution in [-0.2, 0) is 0 Å². The normalized spacial score (nSPS) is 10.4. The van der Waals surface area contributed by atoms with Crippen molar-refractivity contribution in [2.75, 3.05) is 11.1 Å². The van der Waals surface area contributed by atoms with Gasteiger partial charge in [-0.15, -0.1) is 0 Å². The molecule has 0 spiro atoms. The van der Waals surface area contributed by atoms with Gasteiger partial charge in [-0.05, 0) is 30.7 Å². The van der Waals surface area contributed by atoms with Gasteiger partial charge in [-0.1, -0.05) is 17.7 Å². The van der Waals surface area contributed by atoms with E-state index in [1.807, 2.05) is 6.92 Å². The van der Waals surface area contributed by atoms with Crippen molar-refractivity contribution in [1.29, 1.82) is 0 Å². The lowest BCUT2D eigenvalue weighted by molar-refractivity contribution is 0.586. The minimum absolute atomic E-state index is 0.0191. The predicted octanol–water partition coefficient (Wildman–Crippen LogP) is 4.25. The number of nitrogens with two attached hydrogens (primary N) is 1. The van der Waals surface area contributed by atoms with Gasteiger partial charge < -0.3 is 11.1 Å². The Morgan fingerprint density at radius 3 is 2.56 bits per heavy atom. The zero-order valence-electron chi connectivity index (χ0n) is 9.60. The summed E-state index contributed by atoms with van der Waals surface area (Å²) in [4.78, 5) is 0. The summed E-state index contributed by atoms with van der Waals surface area (Å²) in [6.45, 7) is 1.84. The Bertz CT molecular complexity index is 577. The lowest BCUT2D eigenvalue weighted by Crippen LogP contribution is -1.99. The highest BCUT2D eigenvalue weighted by molar-refractivity contribution is 6.33. The van der Waals surface area contributed by atoms with Crippen LogP contribution in [-0.4, -0.2) is 0 Å². The summed E-state index contributed by atoms with van der Waals surface area (Å²) in [7, 11) is 0. The van der Waals surface area contributed by atoms with Crippen LogP contribution in [0.1, 0.15) is 5.56 Å². The fraction of sp³-hybridized carbons (Fsp3) is 0.0769. The zero-order chi connectivity index (χ0) is 13.3. The van der Waals surface area contributed by atoms with Crippen LogP contribution in [0.3, 0.4) is 0 Å². The first-order valence-electron chi connectivity index (χ1n) is 5.25. The van der Waals surface area contributed by atoms with Gasteiger partial charge in [-0.2, -0.15) is 0 Å². The van der Waals surface area contributed by atoms with E-state index in [1.165, 1.54) is 0 Å². The second-order valence-corrected chi connectivity index (χ2v) is 4.35. The molecule has 0 bridgehead atoms. The van der Waals surface area contributed by atoms with Gasteiger partial charge in [0.05, 0.1) is 10.7 Å². The van der Waals surface area contributed by atoms with Gasteiger partial charge in [-0.25, -0.2) is 8.78 Å². The Morgan fingerprint density at radius 2 is 1.89 bits per heavy atom. The number of hydrogen-bond acceptors (Lipinski definition) is 2. The third-order valence-electron chi connectivity index (χ3n) is 2.53. The molecule has 0 aromatic heterocycles. The molecule has 5 heteroatoms. The van der Waals surface area contributed by atoms with Gasteiger partial charge in [-0.3, -0.25) is 0 Å². The van der Waals surface area contributed by atoms with E-state index in [0.29, 0.717) is 11.4 Å². The number of aryl methyl sites for hydroxylation is 1.